The Morgan fingerprint density at radius 1 is 1.35 bits per heavy atom. The molecule has 0 aliphatic heterocycles. The van der Waals surface area contributed by atoms with Gasteiger partial charge in [0.25, 0.3) is 0 Å². The van der Waals surface area contributed by atoms with Crippen molar-refractivity contribution in [3.05, 3.63) is 6.33 Å². The maximum Gasteiger partial charge on any atom is 0.226 e. The highest BCUT2D eigenvalue weighted by Crippen LogP contribution is 2.20. The van der Waals surface area contributed by atoms with Crippen LogP contribution in [-0.4, -0.2) is 44.2 Å². The summed E-state index contributed by atoms with van der Waals surface area (Å²) in [7, 11) is 0. The molecule has 4 N–H and O–H groups in total. The van der Waals surface area contributed by atoms with E-state index in [1.165, 1.54) is 0 Å². The molecule has 20 heavy (non-hydrogen) atoms. The first kappa shape index (κ1) is 14.5. The summed E-state index contributed by atoms with van der Waals surface area (Å²) in [6.07, 6.45) is 4.22. The maximum absolute atomic E-state index is 9.08. The first-order valence-electron chi connectivity index (χ1n) is 7.10. The van der Waals surface area contributed by atoms with E-state index < -0.39 is 0 Å². The summed E-state index contributed by atoms with van der Waals surface area (Å²) in [6, 6.07) is 0.181. The summed E-state index contributed by atoms with van der Waals surface area (Å²) >= 11 is 0. The standard InChI is InChI=1S/C13H22N6O/c1-3-6-14-13-18-11-10(15-8-16-11)12(19-13)17-9(4-2)5-7-20/h8-9,20H,3-7H2,1-2H3,(H3,14,15,16,17,18,19). The third-order valence-electron chi connectivity index (χ3n) is 3.13. The van der Waals surface area contributed by atoms with Crippen LogP contribution in [-0.2, 0) is 0 Å². The minimum absolute atomic E-state index is 0.156. The summed E-state index contributed by atoms with van der Waals surface area (Å²) in [4.78, 5) is 16.1. The third-order valence-corrected chi connectivity index (χ3v) is 3.13. The maximum atomic E-state index is 9.08. The van der Waals surface area contributed by atoms with Gasteiger partial charge in [0.2, 0.25) is 5.95 Å². The number of imidazole rings is 1. The molecule has 0 aliphatic rings. The van der Waals surface area contributed by atoms with E-state index >= 15 is 0 Å². The van der Waals surface area contributed by atoms with Gasteiger partial charge in [-0.1, -0.05) is 13.8 Å². The van der Waals surface area contributed by atoms with Gasteiger partial charge in [-0.2, -0.15) is 9.97 Å². The van der Waals surface area contributed by atoms with E-state index in [-0.39, 0.29) is 12.6 Å². The number of rotatable bonds is 8. The van der Waals surface area contributed by atoms with Gasteiger partial charge < -0.3 is 20.7 Å². The first-order valence-corrected chi connectivity index (χ1v) is 7.10. The Hall–Kier alpha value is -1.89. The topological polar surface area (TPSA) is 98.8 Å². The van der Waals surface area contributed by atoms with E-state index in [0.717, 1.165) is 30.7 Å². The van der Waals surface area contributed by atoms with Crippen molar-refractivity contribution in [3.63, 3.8) is 0 Å². The lowest BCUT2D eigenvalue weighted by atomic mass is 10.1. The number of nitrogens with one attached hydrogen (secondary N) is 3. The van der Waals surface area contributed by atoms with E-state index in [4.69, 9.17) is 5.11 Å². The second-order valence-electron chi connectivity index (χ2n) is 4.69. The second kappa shape index (κ2) is 7.04. The fourth-order valence-corrected chi connectivity index (χ4v) is 1.98. The summed E-state index contributed by atoms with van der Waals surface area (Å²) in [6.45, 7) is 5.15. The van der Waals surface area contributed by atoms with Crippen LogP contribution >= 0.6 is 0 Å². The first-order chi connectivity index (χ1) is 9.78. The Morgan fingerprint density at radius 3 is 2.90 bits per heavy atom. The molecule has 2 aromatic heterocycles. The van der Waals surface area contributed by atoms with Crippen molar-refractivity contribution >= 4 is 22.9 Å². The molecule has 0 aliphatic carbocycles. The summed E-state index contributed by atoms with van der Waals surface area (Å²) in [5, 5.41) is 15.6. The van der Waals surface area contributed by atoms with Gasteiger partial charge in [-0.15, -0.1) is 0 Å². The van der Waals surface area contributed by atoms with Gasteiger partial charge in [0.15, 0.2) is 11.5 Å². The number of aliphatic hydroxyl groups excluding tert-OH is 1. The van der Waals surface area contributed by atoms with Crippen molar-refractivity contribution in [1.29, 1.82) is 0 Å². The lowest BCUT2D eigenvalue weighted by molar-refractivity contribution is 0.278. The SMILES string of the molecule is CCCNc1nc(NC(CC)CCO)c2[nH]cnc2n1. The zero-order chi connectivity index (χ0) is 14.4. The van der Waals surface area contributed by atoms with Crippen LogP contribution in [0.15, 0.2) is 6.33 Å². The fraction of sp³-hybridized carbons (Fsp3) is 0.615. The number of nitrogens with zero attached hydrogens (tertiary/aromatic N) is 3. The average molecular weight is 278 g/mol. The zero-order valence-electron chi connectivity index (χ0n) is 12.0. The molecule has 7 nitrogen and oxygen atoms in total. The van der Waals surface area contributed by atoms with Crippen molar-refractivity contribution in [1.82, 2.24) is 19.9 Å². The minimum atomic E-state index is 0.156. The normalized spacial score (nSPS) is 12.6. The van der Waals surface area contributed by atoms with E-state index in [1.54, 1.807) is 6.33 Å². The number of aliphatic hydroxyl groups is 1. The number of anilines is 2. The molecule has 2 rings (SSSR count). The van der Waals surface area contributed by atoms with Crippen LogP contribution in [0, 0.1) is 0 Å². The van der Waals surface area contributed by atoms with Crippen LogP contribution in [0.1, 0.15) is 33.1 Å². The molecular formula is C13H22N6O. The fourth-order valence-electron chi connectivity index (χ4n) is 1.98. The highest BCUT2D eigenvalue weighted by Gasteiger charge is 2.13. The molecule has 0 saturated carbocycles. The predicted molar refractivity (Wildman–Crippen MR) is 79.9 cm³/mol. The van der Waals surface area contributed by atoms with Crippen molar-refractivity contribution < 1.29 is 5.11 Å². The van der Waals surface area contributed by atoms with Gasteiger partial charge in [-0.25, -0.2) is 4.98 Å². The molecule has 0 amide bonds. The zero-order valence-corrected chi connectivity index (χ0v) is 12.0. The van der Waals surface area contributed by atoms with Crippen molar-refractivity contribution in [2.24, 2.45) is 0 Å². The number of hydrogen-bond acceptors (Lipinski definition) is 6. The summed E-state index contributed by atoms with van der Waals surface area (Å²) in [5.41, 5.74) is 1.43. The molecule has 0 fully saturated rings. The van der Waals surface area contributed by atoms with Crippen LogP contribution in [0.5, 0.6) is 0 Å². The van der Waals surface area contributed by atoms with Crippen molar-refractivity contribution in [2.45, 2.75) is 39.2 Å². The van der Waals surface area contributed by atoms with Crippen LogP contribution in [0.4, 0.5) is 11.8 Å². The molecule has 2 aromatic rings. The van der Waals surface area contributed by atoms with E-state index in [1.807, 2.05) is 0 Å². The van der Waals surface area contributed by atoms with Crippen LogP contribution < -0.4 is 10.6 Å². The Kier molecular flexibility index (Phi) is 5.11. The molecular weight excluding hydrogens is 256 g/mol. The molecule has 1 unspecified atom stereocenters. The Labute approximate surface area is 118 Å². The smallest absolute Gasteiger partial charge is 0.226 e. The van der Waals surface area contributed by atoms with E-state index in [9.17, 15) is 0 Å². The van der Waals surface area contributed by atoms with Gasteiger partial charge in [-0.3, -0.25) is 0 Å². The minimum Gasteiger partial charge on any atom is -0.396 e. The monoisotopic (exact) mass is 278 g/mol. The number of aromatic nitrogens is 4. The highest BCUT2D eigenvalue weighted by molar-refractivity contribution is 5.83. The highest BCUT2D eigenvalue weighted by atomic mass is 16.3. The molecule has 0 bridgehead atoms. The molecule has 0 spiro atoms. The molecule has 1 atom stereocenters. The Balaban J connectivity index is 2.26. The molecule has 0 radical (unpaired) electrons. The van der Waals surface area contributed by atoms with Gasteiger partial charge in [0, 0.05) is 19.2 Å². The molecule has 7 heteroatoms. The van der Waals surface area contributed by atoms with Crippen LogP contribution in [0.2, 0.25) is 0 Å². The Morgan fingerprint density at radius 2 is 2.20 bits per heavy atom. The molecule has 2 heterocycles. The van der Waals surface area contributed by atoms with Crippen LogP contribution in [0.25, 0.3) is 11.2 Å². The predicted octanol–water partition coefficient (Wildman–Crippen LogP) is 1.75. The lowest BCUT2D eigenvalue weighted by Gasteiger charge is -2.17. The number of hydrogen-bond donors (Lipinski definition) is 4. The third kappa shape index (κ3) is 3.36. The summed E-state index contributed by atoms with van der Waals surface area (Å²) in [5.74, 6) is 1.30. The van der Waals surface area contributed by atoms with Crippen molar-refractivity contribution in [2.75, 3.05) is 23.8 Å². The quantitative estimate of drug-likeness (QED) is 0.587. The average Bonchev–Trinajstić information content (AvgIpc) is 2.93. The lowest BCUT2D eigenvalue weighted by Crippen LogP contribution is -2.21. The summed E-state index contributed by atoms with van der Waals surface area (Å²) < 4.78 is 0. The number of H-pyrrole nitrogens is 1. The van der Waals surface area contributed by atoms with Gasteiger partial charge in [0.1, 0.15) is 5.52 Å². The van der Waals surface area contributed by atoms with Crippen molar-refractivity contribution in [3.8, 4) is 0 Å². The van der Waals surface area contributed by atoms with Gasteiger partial charge in [0.05, 0.1) is 6.33 Å². The van der Waals surface area contributed by atoms with Gasteiger partial charge in [-0.05, 0) is 19.3 Å². The van der Waals surface area contributed by atoms with Crippen LogP contribution in [0.3, 0.4) is 0 Å². The molecule has 0 saturated heterocycles. The Bertz CT molecular complexity index is 541. The molecule has 110 valence electrons. The van der Waals surface area contributed by atoms with E-state index in [2.05, 4.69) is 44.4 Å². The largest absolute Gasteiger partial charge is 0.396 e. The number of fused-ring (bicyclic) bond motifs is 1. The number of aromatic amines is 1. The second-order valence-corrected chi connectivity index (χ2v) is 4.69. The van der Waals surface area contributed by atoms with Gasteiger partial charge >= 0.3 is 0 Å². The molecule has 0 aromatic carbocycles. The van der Waals surface area contributed by atoms with E-state index in [0.29, 0.717) is 18.0 Å².